The SMILES string of the molecule is CCCCn1nc(C(=O)N(CCC)Cc2nc3cc(Cl)ccc3c(=O)[nH]2)ccc1=O. The van der Waals surface area contributed by atoms with Crippen molar-refractivity contribution in [3.05, 3.63) is 67.6 Å². The molecule has 1 aromatic carbocycles. The van der Waals surface area contributed by atoms with Crippen LogP contribution in [0.3, 0.4) is 0 Å². The van der Waals surface area contributed by atoms with Crippen molar-refractivity contribution >= 4 is 28.4 Å². The quantitative estimate of drug-likeness (QED) is 0.593. The number of aromatic nitrogens is 4. The number of aromatic amines is 1. The summed E-state index contributed by atoms with van der Waals surface area (Å²) in [5.41, 5.74) is 0.128. The maximum Gasteiger partial charge on any atom is 0.274 e. The number of aryl methyl sites for hydroxylation is 1. The predicted molar refractivity (Wildman–Crippen MR) is 116 cm³/mol. The summed E-state index contributed by atoms with van der Waals surface area (Å²) >= 11 is 6.02. The Morgan fingerprint density at radius 2 is 1.97 bits per heavy atom. The Hall–Kier alpha value is -3.00. The Kier molecular flexibility index (Phi) is 6.99. The van der Waals surface area contributed by atoms with Crippen LogP contribution in [0.25, 0.3) is 10.9 Å². The first-order chi connectivity index (χ1) is 14.4. The van der Waals surface area contributed by atoms with Gasteiger partial charge in [-0.3, -0.25) is 14.4 Å². The molecule has 0 unspecified atom stereocenters. The summed E-state index contributed by atoms with van der Waals surface area (Å²) < 4.78 is 1.32. The molecule has 30 heavy (non-hydrogen) atoms. The Balaban J connectivity index is 1.91. The largest absolute Gasteiger partial charge is 0.330 e. The van der Waals surface area contributed by atoms with Gasteiger partial charge in [-0.25, -0.2) is 9.67 Å². The average molecular weight is 430 g/mol. The van der Waals surface area contributed by atoms with Gasteiger partial charge in [0.25, 0.3) is 17.0 Å². The van der Waals surface area contributed by atoms with Crippen molar-refractivity contribution in [2.24, 2.45) is 0 Å². The molecule has 0 bridgehead atoms. The molecular weight excluding hydrogens is 406 g/mol. The molecule has 2 heterocycles. The number of hydrogen-bond donors (Lipinski definition) is 1. The minimum Gasteiger partial charge on any atom is -0.330 e. The van der Waals surface area contributed by atoms with Crippen LogP contribution in [-0.2, 0) is 13.1 Å². The van der Waals surface area contributed by atoms with Gasteiger partial charge in [0, 0.05) is 24.2 Å². The van der Waals surface area contributed by atoms with Crippen LogP contribution in [0.5, 0.6) is 0 Å². The zero-order valence-electron chi connectivity index (χ0n) is 17.0. The van der Waals surface area contributed by atoms with E-state index in [1.807, 2.05) is 13.8 Å². The van der Waals surface area contributed by atoms with Gasteiger partial charge in [-0.1, -0.05) is 31.9 Å². The molecule has 0 radical (unpaired) electrons. The van der Waals surface area contributed by atoms with Crippen molar-refractivity contribution < 1.29 is 4.79 Å². The first kappa shape index (κ1) is 21.7. The number of nitrogens with zero attached hydrogens (tertiary/aromatic N) is 4. The van der Waals surface area contributed by atoms with E-state index in [-0.39, 0.29) is 29.3 Å². The highest BCUT2D eigenvalue weighted by atomic mass is 35.5. The van der Waals surface area contributed by atoms with E-state index in [2.05, 4.69) is 15.1 Å². The lowest BCUT2D eigenvalue weighted by Crippen LogP contribution is -2.35. The molecule has 0 aliphatic rings. The van der Waals surface area contributed by atoms with Gasteiger partial charge in [0.05, 0.1) is 17.4 Å². The Labute approximate surface area is 178 Å². The van der Waals surface area contributed by atoms with Crippen LogP contribution in [0.15, 0.2) is 39.9 Å². The molecule has 9 heteroatoms. The van der Waals surface area contributed by atoms with Crippen LogP contribution in [0.1, 0.15) is 49.4 Å². The molecule has 3 rings (SSSR count). The van der Waals surface area contributed by atoms with Gasteiger partial charge in [0.15, 0.2) is 0 Å². The van der Waals surface area contributed by atoms with E-state index in [1.165, 1.54) is 16.8 Å². The molecule has 0 aliphatic heterocycles. The molecule has 0 saturated carbocycles. The molecule has 0 spiro atoms. The summed E-state index contributed by atoms with van der Waals surface area (Å²) in [5.74, 6) is 0.0341. The molecule has 3 aromatic rings. The van der Waals surface area contributed by atoms with Crippen molar-refractivity contribution in [3.63, 3.8) is 0 Å². The number of hydrogen-bond acceptors (Lipinski definition) is 5. The number of unbranched alkanes of at least 4 members (excludes halogenated alkanes) is 1. The lowest BCUT2D eigenvalue weighted by Gasteiger charge is -2.21. The predicted octanol–water partition coefficient (Wildman–Crippen LogP) is 2.99. The summed E-state index contributed by atoms with van der Waals surface area (Å²) in [6, 6.07) is 7.66. The van der Waals surface area contributed by atoms with E-state index in [0.29, 0.717) is 41.3 Å². The topological polar surface area (TPSA) is 101 Å². The van der Waals surface area contributed by atoms with Crippen LogP contribution in [0, 0.1) is 0 Å². The van der Waals surface area contributed by atoms with Crippen LogP contribution >= 0.6 is 11.6 Å². The van der Waals surface area contributed by atoms with Crippen molar-refractivity contribution in [1.82, 2.24) is 24.6 Å². The highest BCUT2D eigenvalue weighted by molar-refractivity contribution is 6.31. The summed E-state index contributed by atoms with van der Waals surface area (Å²) in [5, 5.41) is 5.15. The molecule has 0 atom stereocenters. The number of carbonyl (C=O) groups excluding carboxylic acids is 1. The summed E-state index contributed by atoms with van der Waals surface area (Å²) in [7, 11) is 0. The van der Waals surface area contributed by atoms with Gasteiger partial charge in [-0.05, 0) is 37.1 Å². The van der Waals surface area contributed by atoms with Gasteiger partial charge >= 0.3 is 0 Å². The highest BCUT2D eigenvalue weighted by Gasteiger charge is 2.19. The number of H-pyrrole nitrogens is 1. The molecule has 1 N–H and O–H groups in total. The molecule has 158 valence electrons. The number of rotatable bonds is 8. The first-order valence-electron chi connectivity index (χ1n) is 9.98. The summed E-state index contributed by atoms with van der Waals surface area (Å²) in [6.07, 6.45) is 2.43. The third kappa shape index (κ3) is 4.94. The number of carbonyl (C=O) groups is 1. The van der Waals surface area contributed by atoms with Gasteiger partial charge in [0.2, 0.25) is 0 Å². The Bertz CT molecular complexity index is 1170. The maximum absolute atomic E-state index is 13.1. The maximum atomic E-state index is 13.1. The zero-order chi connectivity index (χ0) is 21.7. The average Bonchev–Trinajstić information content (AvgIpc) is 2.72. The Morgan fingerprint density at radius 3 is 2.70 bits per heavy atom. The van der Waals surface area contributed by atoms with Crippen molar-refractivity contribution in [2.75, 3.05) is 6.54 Å². The minimum absolute atomic E-state index is 0.111. The second kappa shape index (κ2) is 9.67. The standard InChI is InChI=1S/C21H24ClN5O3/c1-3-5-11-27-19(28)9-8-16(25-27)21(30)26(10-4-2)13-18-23-17-12-14(22)6-7-15(17)20(29)24-18/h6-9,12H,3-5,10-11,13H2,1-2H3,(H,23,24,29). The molecule has 8 nitrogen and oxygen atoms in total. The van der Waals surface area contributed by atoms with Crippen LogP contribution < -0.4 is 11.1 Å². The normalized spacial score (nSPS) is 11.0. The third-order valence-electron chi connectivity index (χ3n) is 4.65. The Morgan fingerprint density at radius 1 is 1.17 bits per heavy atom. The van der Waals surface area contributed by atoms with Crippen molar-refractivity contribution in [3.8, 4) is 0 Å². The molecule has 0 aliphatic carbocycles. The second-order valence-corrected chi connectivity index (χ2v) is 7.47. The molecule has 1 amide bonds. The van der Waals surface area contributed by atoms with E-state index in [9.17, 15) is 14.4 Å². The second-order valence-electron chi connectivity index (χ2n) is 7.03. The van der Waals surface area contributed by atoms with Gasteiger partial charge in [-0.15, -0.1) is 0 Å². The van der Waals surface area contributed by atoms with Crippen LogP contribution in [0.2, 0.25) is 5.02 Å². The van der Waals surface area contributed by atoms with E-state index >= 15 is 0 Å². The first-order valence-corrected chi connectivity index (χ1v) is 10.4. The lowest BCUT2D eigenvalue weighted by molar-refractivity contribution is 0.0730. The minimum atomic E-state index is -0.323. The molecule has 0 fully saturated rings. The van der Waals surface area contributed by atoms with Crippen molar-refractivity contribution in [2.45, 2.75) is 46.2 Å². The number of nitrogens with one attached hydrogen (secondary N) is 1. The summed E-state index contributed by atoms with van der Waals surface area (Å²) in [6.45, 7) is 5.00. The fraction of sp³-hybridized carbons (Fsp3) is 0.381. The van der Waals surface area contributed by atoms with Gasteiger partial charge in [0.1, 0.15) is 11.5 Å². The number of benzene rings is 1. The number of halogens is 1. The molecule has 2 aromatic heterocycles. The van der Waals surface area contributed by atoms with Gasteiger partial charge in [-0.2, -0.15) is 5.10 Å². The van der Waals surface area contributed by atoms with E-state index in [4.69, 9.17) is 11.6 Å². The lowest BCUT2D eigenvalue weighted by atomic mass is 10.2. The van der Waals surface area contributed by atoms with Crippen molar-refractivity contribution in [1.29, 1.82) is 0 Å². The monoisotopic (exact) mass is 429 g/mol. The fourth-order valence-electron chi connectivity index (χ4n) is 3.13. The van der Waals surface area contributed by atoms with E-state index < -0.39 is 0 Å². The number of amides is 1. The highest BCUT2D eigenvalue weighted by Crippen LogP contribution is 2.15. The number of fused-ring (bicyclic) bond motifs is 1. The smallest absolute Gasteiger partial charge is 0.274 e. The van der Waals surface area contributed by atoms with Crippen LogP contribution in [0.4, 0.5) is 0 Å². The van der Waals surface area contributed by atoms with Crippen LogP contribution in [-0.4, -0.2) is 37.1 Å². The molecule has 0 saturated heterocycles. The fourth-order valence-corrected chi connectivity index (χ4v) is 3.30. The third-order valence-corrected chi connectivity index (χ3v) is 4.88. The van der Waals surface area contributed by atoms with Gasteiger partial charge < -0.3 is 9.88 Å². The zero-order valence-corrected chi connectivity index (χ0v) is 17.8. The molecular formula is C21H24ClN5O3. The van der Waals surface area contributed by atoms with E-state index in [1.54, 1.807) is 23.1 Å². The van der Waals surface area contributed by atoms with E-state index in [0.717, 1.165) is 12.8 Å². The summed E-state index contributed by atoms with van der Waals surface area (Å²) in [4.78, 5) is 46.2.